The van der Waals surface area contributed by atoms with E-state index < -0.39 is 28.5 Å². The molecule has 4 aromatic rings. The Hall–Kier alpha value is -3.56. The lowest BCUT2D eigenvalue weighted by molar-refractivity contribution is -0.140. The molecule has 1 N–H and O–H groups in total. The van der Waals surface area contributed by atoms with Gasteiger partial charge in [0.2, 0.25) is 11.8 Å². The molecule has 1 atom stereocenters. The number of hydrogen-bond acceptors (Lipinski definition) is 4. The van der Waals surface area contributed by atoms with Crippen molar-refractivity contribution in [2.75, 3.05) is 10.8 Å². The smallest absolute Gasteiger partial charge is 0.264 e. The van der Waals surface area contributed by atoms with Crippen LogP contribution in [0.1, 0.15) is 42.4 Å². The number of benzene rings is 4. The van der Waals surface area contributed by atoms with Crippen LogP contribution >= 0.6 is 34.8 Å². The summed E-state index contributed by atoms with van der Waals surface area (Å²) in [6.45, 7) is 1.26. The van der Waals surface area contributed by atoms with E-state index in [4.69, 9.17) is 34.8 Å². The van der Waals surface area contributed by atoms with E-state index in [9.17, 15) is 18.0 Å². The van der Waals surface area contributed by atoms with Gasteiger partial charge in [0.25, 0.3) is 10.0 Å². The Kier molecular flexibility index (Phi) is 11.5. The number of carbonyl (C=O) groups is 2. The molecule has 2 amide bonds. The van der Waals surface area contributed by atoms with Crippen LogP contribution in [0, 0.1) is 6.92 Å². The molecule has 1 aliphatic rings. The Balaban J connectivity index is 1.58. The van der Waals surface area contributed by atoms with Gasteiger partial charge in [-0.25, -0.2) is 8.42 Å². The molecule has 0 spiro atoms. The van der Waals surface area contributed by atoms with E-state index in [1.807, 2.05) is 37.3 Å². The minimum Gasteiger partial charge on any atom is -0.352 e. The SMILES string of the molecule is Cc1ccc(S(=O)(=O)N(CC(=O)N(Cc2ccc(Cl)c(Cl)c2)C(Cc2ccccc2)C(=O)NC2CCCC2)c2cccc(Cl)c2)cc1. The highest BCUT2D eigenvalue weighted by atomic mass is 35.5. The van der Waals surface area contributed by atoms with Gasteiger partial charge < -0.3 is 10.2 Å². The quantitative estimate of drug-likeness (QED) is 0.162. The van der Waals surface area contributed by atoms with E-state index in [0.29, 0.717) is 20.6 Å². The van der Waals surface area contributed by atoms with Crippen LogP contribution in [0.5, 0.6) is 0 Å². The van der Waals surface area contributed by atoms with Gasteiger partial charge in [0.15, 0.2) is 0 Å². The van der Waals surface area contributed by atoms with Crippen LogP contribution in [0.2, 0.25) is 15.1 Å². The van der Waals surface area contributed by atoms with Gasteiger partial charge in [-0.2, -0.15) is 0 Å². The second-order valence-corrected chi connectivity index (χ2v) is 14.9. The van der Waals surface area contributed by atoms with Gasteiger partial charge in [-0.3, -0.25) is 13.9 Å². The molecule has 0 radical (unpaired) electrons. The fourth-order valence-corrected chi connectivity index (χ4v) is 7.66. The first kappa shape index (κ1) is 34.8. The average Bonchev–Trinajstić information content (AvgIpc) is 3.56. The summed E-state index contributed by atoms with van der Waals surface area (Å²) >= 11 is 18.9. The van der Waals surface area contributed by atoms with Crippen LogP contribution in [0.4, 0.5) is 5.69 Å². The number of carbonyl (C=O) groups excluding carboxylic acids is 2. The third kappa shape index (κ3) is 8.87. The largest absolute Gasteiger partial charge is 0.352 e. The number of nitrogens with one attached hydrogen (secondary N) is 1. The van der Waals surface area contributed by atoms with Crippen LogP contribution in [0.3, 0.4) is 0 Å². The molecule has 0 aliphatic heterocycles. The number of sulfonamides is 1. The van der Waals surface area contributed by atoms with Crippen molar-refractivity contribution < 1.29 is 18.0 Å². The van der Waals surface area contributed by atoms with Crippen molar-refractivity contribution in [3.63, 3.8) is 0 Å². The summed E-state index contributed by atoms with van der Waals surface area (Å²) in [4.78, 5) is 30.2. The maximum atomic E-state index is 14.6. The fraction of sp³-hybridized carbons (Fsp3) is 0.278. The van der Waals surface area contributed by atoms with Gasteiger partial charge in [-0.1, -0.05) is 108 Å². The van der Waals surface area contributed by atoms with E-state index in [2.05, 4.69) is 5.32 Å². The van der Waals surface area contributed by atoms with E-state index in [-0.39, 0.29) is 35.5 Å². The van der Waals surface area contributed by atoms with Gasteiger partial charge in [0.05, 0.1) is 20.6 Å². The number of anilines is 1. The third-order valence-electron chi connectivity index (χ3n) is 8.29. The van der Waals surface area contributed by atoms with Crippen molar-refractivity contribution in [2.24, 2.45) is 0 Å². The highest BCUT2D eigenvalue weighted by Gasteiger charge is 2.35. The second-order valence-electron chi connectivity index (χ2n) is 11.8. The van der Waals surface area contributed by atoms with E-state index in [0.717, 1.165) is 41.1 Å². The molecular weight excluding hydrogens is 677 g/mol. The maximum absolute atomic E-state index is 14.6. The summed E-state index contributed by atoms with van der Waals surface area (Å²) in [6, 6.07) is 26.3. The highest BCUT2D eigenvalue weighted by Crippen LogP contribution is 2.29. The Morgan fingerprint density at radius 3 is 2.19 bits per heavy atom. The molecule has 11 heteroatoms. The molecule has 0 aromatic heterocycles. The van der Waals surface area contributed by atoms with Crippen LogP contribution in [0.15, 0.2) is 102 Å². The van der Waals surface area contributed by atoms with Crippen LogP contribution in [-0.4, -0.2) is 43.8 Å². The summed E-state index contributed by atoms with van der Waals surface area (Å²) in [5.74, 6) is -0.876. The zero-order valence-corrected chi connectivity index (χ0v) is 29.0. The summed E-state index contributed by atoms with van der Waals surface area (Å²) in [5, 5.41) is 4.13. The zero-order chi connectivity index (χ0) is 33.6. The molecular formula is C36H36Cl3N3O4S. The Bertz CT molecular complexity index is 1820. The molecule has 4 aromatic carbocycles. The third-order valence-corrected chi connectivity index (χ3v) is 11.1. The standard InChI is InChI=1S/C36H36Cl3N3O4S/c1-25-14-17-31(18-15-25)47(45,46)42(30-13-7-10-28(37)22-30)24-35(43)41(23-27-16-19-32(38)33(39)20-27)34(21-26-8-3-2-4-9-26)36(44)40-29-11-5-6-12-29/h2-4,7-10,13-20,22,29,34H,5-6,11-12,21,23-24H2,1H3,(H,40,44). The lowest BCUT2D eigenvalue weighted by Crippen LogP contribution is -2.54. The molecule has 246 valence electrons. The minimum absolute atomic E-state index is 0.00701. The van der Waals surface area contributed by atoms with Crippen molar-refractivity contribution in [3.8, 4) is 0 Å². The first-order chi connectivity index (χ1) is 22.5. The van der Waals surface area contributed by atoms with Crippen molar-refractivity contribution in [3.05, 3.63) is 129 Å². The van der Waals surface area contributed by atoms with Gasteiger partial charge in [0, 0.05) is 24.0 Å². The summed E-state index contributed by atoms with van der Waals surface area (Å²) < 4.78 is 29.4. The van der Waals surface area contributed by atoms with Crippen molar-refractivity contribution in [2.45, 2.75) is 62.6 Å². The lowest BCUT2D eigenvalue weighted by Gasteiger charge is -2.34. The molecule has 7 nitrogen and oxygen atoms in total. The van der Waals surface area contributed by atoms with Crippen molar-refractivity contribution in [1.29, 1.82) is 0 Å². The molecule has 5 rings (SSSR count). The Morgan fingerprint density at radius 2 is 1.53 bits per heavy atom. The lowest BCUT2D eigenvalue weighted by atomic mass is 10.0. The predicted octanol–water partition coefficient (Wildman–Crippen LogP) is 7.85. The average molecular weight is 713 g/mol. The molecule has 47 heavy (non-hydrogen) atoms. The van der Waals surface area contributed by atoms with Gasteiger partial charge in [-0.05, 0) is 73.4 Å². The summed E-state index contributed by atoms with van der Waals surface area (Å²) in [5.41, 5.74) is 2.59. The molecule has 1 unspecified atom stereocenters. The summed E-state index contributed by atoms with van der Waals surface area (Å²) in [7, 11) is -4.24. The molecule has 0 heterocycles. The Labute approximate surface area is 291 Å². The highest BCUT2D eigenvalue weighted by molar-refractivity contribution is 7.92. The molecule has 0 bridgehead atoms. The normalized spacial score (nSPS) is 14.0. The first-order valence-corrected chi connectivity index (χ1v) is 18.0. The number of aryl methyl sites for hydroxylation is 1. The van der Waals surface area contributed by atoms with Crippen LogP contribution in [0.25, 0.3) is 0 Å². The topological polar surface area (TPSA) is 86.8 Å². The monoisotopic (exact) mass is 711 g/mol. The predicted molar refractivity (Wildman–Crippen MR) is 189 cm³/mol. The fourth-order valence-electron chi connectivity index (χ4n) is 5.75. The van der Waals surface area contributed by atoms with Crippen LogP contribution < -0.4 is 9.62 Å². The Morgan fingerprint density at radius 1 is 0.830 bits per heavy atom. The van der Waals surface area contributed by atoms with Crippen LogP contribution in [-0.2, 0) is 32.6 Å². The van der Waals surface area contributed by atoms with E-state index in [1.54, 1.807) is 48.5 Å². The van der Waals surface area contributed by atoms with E-state index >= 15 is 0 Å². The van der Waals surface area contributed by atoms with E-state index in [1.165, 1.54) is 23.1 Å². The van der Waals surface area contributed by atoms with Crippen molar-refractivity contribution >= 4 is 62.3 Å². The molecule has 1 saturated carbocycles. The van der Waals surface area contributed by atoms with Gasteiger partial charge in [0.1, 0.15) is 12.6 Å². The number of rotatable bonds is 12. The minimum atomic E-state index is -4.24. The van der Waals surface area contributed by atoms with Gasteiger partial charge >= 0.3 is 0 Å². The molecule has 1 fully saturated rings. The summed E-state index contributed by atoms with van der Waals surface area (Å²) in [6.07, 6.45) is 3.98. The number of amides is 2. The second kappa shape index (κ2) is 15.6. The number of hydrogen-bond donors (Lipinski definition) is 1. The first-order valence-electron chi connectivity index (χ1n) is 15.4. The van der Waals surface area contributed by atoms with Gasteiger partial charge in [-0.15, -0.1) is 0 Å². The number of nitrogens with zero attached hydrogens (tertiary/aromatic N) is 2. The zero-order valence-electron chi connectivity index (χ0n) is 25.9. The maximum Gasteiger partial charge on any atom is 0.264 e. The molecule has 0 saturated heterocycles. The number of halogens is 3. The molecule has 1 aliphatic carbocycles. The van der Waals surface area contributed by atoms with Crippen molar-refractivity contribution in [1.82, 2.24) is 10.2 Å².